The summed E-state index contributed by atoms with van der Waals surface area (Å²) in [5.41, 5.74) is 8.55. The molecule has 1 fully saturated rings. The van der Waals surface area contributed by atoms with Gasteiger partial charge in [-0.1, -0.05) is 13.0 Å². The number of hydrogen-bond acceptors (Lipinski definition) is 8. The molecule has 3 amide bonds. The number of aryl methyl sites for hydroxylation is 1. The Morgan fingerprint density at radius 2 is 2.00 bits per heavy atom. The molecule has 13 nitrogen and oxygen atoms in total. The molecule has 1 aliphatic carbocycles. The van der Waals surface area contributed by atoms with Crippen LogP contribution in [0.4, 0.5) is 10.5 Å². The number of nitrogens with two attached hydrogens (primary N) is 1. The standard InChI is InChI=1S/C26H32N6O7/c1-4-9-32(26(37)39-14-38-21(34)12-33)25(36)19-11-28-22(16(19)3)23(29-13-27)31-20-10-17(6-5-15(20)2)24(35)30-18-7-8-18/h5-6,10-11,13,18,28,33H,4,7-9,12,14H2,1-3H3,(H,30,35)(H2,27,29,31)/p+1. The fourth-order valence-electron chi connectivity index (χ4n) is 3.60. The Morgan fingerprint density at radius 1 is 1.26 bits per heavy atom. The lowest BCUT2D eigenvalue weighted by Crippen LogP contribution is -2.75. The predicted molar refractivity (Wildman–Crippen MR) is 140 cm³/mol. The van der Waals surface area contributed by atoms with E-state index in [1.54, 1.807) is 32.0 Å². The van der Waals surface area contributed by atoms with Gasteiger partial charge in [0.2, 0.25) is 6.79 Å². The molecule has 0 unspecified atom stereocenters. The van der Waals surface area contributed by atoms with Gasteiger partial charge in [-0.15, -0.1) is 4.99 Å². The molecule has 1 saturated carbocycles. The van der Waals surface area contributed by atoms with E-state index in [9.17, 15) is 19.2 Å². The highest BCUT2D eigenvalue weighted by Gasteiger charge is 2.29. The molecule has 6 N–H and O–H groups in total. The maximum absolute atomic E-state index is 13.3. The van der Waals surface area contributed by atoms with E-state index < -0.39 is 31.4 Å². The maximum atomic E-state index is 13.3. The number of imide groups is 1. The van der Waals surface area contributed by atoms with Crippen LogP contribution in [0.25, 0.3) is 0 Å². The molecular formula is C26H33N6O7+. The number of esters is 1. The largest absolute Gasteiger partial charge is 0.426 e. The van der Waals surface area contributed by atoms with E-state index in [0.29, 0.717) is 28.9 Å². The number of ether oxygens (including phenoxy) is 2. The molecule has 2 aromatic rings. The van der Waals surface area contributed by atoms with E-state index in [2.05, 4.69) is 25.0 Å². The summed E-state index contributed by atoms with van der Waals surface area (Å²) >= 11 is 0. The molecule has 3 rings (SSSR count). The van der Waals surface area contributed by atoms with Gasteiger partial charge < -0.3 is 30.6 Å². The van der Waals surface area contributed by atoms with Crippen molar-refractivity contribution in [2.45, 2.75) is 46.1 Å². The Labute approximate surface area is 225 Å². The van der Waals surface area contributed by atoms with Gasteiger partial charge in [-0.2, -0.15) is 0 Å². The number of nitrogens with zero attached hydrogens (tertiary/aromatic N) is 2. The fraction of sp³-hybridized carbons (Fsp3) is 0.385. The zero-order valence-electron chi connectivity index (χ0n) is 22.1. The minimum Gasteiger partial charge on any atom is -0.426 e. The van der Waals surface area contributed by atoms with Gasteiger partial charge >= 0.3 is 12.1 Å². The van der Waals surface area contributed by atoms with Gasteiger partial charge in [-0.05, 0) is 56.4 Å². The number of hydrogen-bond donors (Lipinski definition) is 5. The van der Waals surface area contributed by atoms with E-state index in [-0.39, 0.29) is 29.9 Å². The van der Waals surface area contributed by atoms with Crippen molar-refractivity contribution < 1.29 is 38.8 Å². The monoisotopic (exact) mass is 541 g/mol. The second-order valence-corrected chi connectivity index (χ2v) is 8.88. The maximum Gasteiger partial charge on any atom is 0.419 e. The topological polar surface area (TPSA) is 190 Å². The number of aliphatic hydroxyl groups excluding tert-OH is 1. The molecule has 0 bridgehead atoms. The number of aliphatic hydroxyl groups is 1. The summed E-state index contributed by atoms with van der Waals surface area (Å²) in [6.45, 7) is 3.76. The molecule has 39 heavy (non-hydrogen) atoms. The van der Waals surface area contributed by atoms with Crippen molar-refractivity contribution >= 4 is 41.7 Å². The summed E-state index contributed by atoms with van der Waals surface area (Å²) in [6, 6.07) is 5.43. The predicted octanol–water partition coefficient (Wildman–Crippen LogP) is 0.151. The van der Waals surface area contributed by atoms with Crippen molar-refractivity contribution in [2.24, 2.45) is 10.7 Å². The average molecular weight is 542 g/mol. The second-order valence-electron chi connectivity index (χ2n) is 8.88. The molecule has 13 heteroatoms. The van der Waals surface area contributed by atoms with Gasteiger partial charge in [0.15, 0.2) is 6.34 Å². The Bertz CT molecular complexity index is 1300. The summed E-state index contributed by atoms with van der Waals surface area (Å²) in [6.07, 6.45) is 4.02. The Hall–Kier alpha value is -4.52. The molecule has 0 atom stereocenters. The minimum absolute atomic E-state index is 0.0518. The van der Waals surface area contributed by atoms with Gasteiger partial charge in [-0.3, -0.25) is 9.59 Å². The molecule has 0 radical (unpaired) electrons. The highest BCUT2D eigenvalue weighted by atomic mass is 16.7. The first kappa shape index (κ1) is 29.0. The van der Waals surface area contributed by atoms with E-state index in [1.807, 2.05) is 6.92 Å². The summed E-state index contributed by atoms with van der Waals surface area (Å²) in [4.78, 5) is 60.9. The Kier molecular flexibility index (Phi) is 9.92. The first-order chi connectivity index (χ1) is 18.7. The SMILES string of the molecule is CCCN(C(=O)OCOC(=O)CO)C(=O)c1c[nH]c(C(=Nc2cc(C(=O)NC3CC3)ccc2C)[NH+]=CN)c1C. The van der Waals surface area contributed by atoms with Crippen LogP contribution in [0.15, 0.2) is 29.4 Å². The Balaban J connectivity index is 1.88. The number of carbonyl (C=O) groups excluding carboxylic acids is 4. The van der Waals surface area contributed by atoms with E-state index in [4.69, 9.17) is 15.6 Å². The number of amidine groups is 1. The van der Waals surface area contributed by atoms with E-state index >= 15 is 0 Å². The van der Waals surface area contributed by atoms with Crippen molar-refractivity contribution in [3.63, 3.8) is 0 Å². The normalized spacial score (nSPS) is 13.3. The second kappa shape index (κ2) is 13.3. The molecule has 1 aromatic heterocycles. The van der Waals surface area contributed by atoms with Crippen LogP contribution in [-0.2, 0) is 14.3 Å². The van der Waals surface area contributed by atoms with Crippen LogP contribution >= 0.6 is 0 Å². The van der Waals surface area contributed by atoms with Crippen molar-refractivity contribution in [3.8, 4) is 0 Å². The van der Waals surface area contributed by atoms with Crippen molar-refractivity contribution in [1.82, 2.24) is 15.2 Å². The molecule has 1 aromatic carbocycles. The van der Waals surface area contributed by atoms with Gasteiger partial charge in [0.1, 0.15) is 18.0 Å². The number of carbonyl (C=O) groups is 4. The number of amides is 3. The van der Waals surface area contributed by atoms with Gasteiger partial charge in [-0.25, -0.2) is 19.5 Å². The number of rotatable bonds is 10. The van der Waals surface area contributed by atoms with Crippen molar-refractivity contribution in [2.75, 3.05) is 19.9 Å². The van der Waals surface area contributed by atoms with Crippen LogP contribution in [0, 0.1) is 13.8 Å². The third-order valence-electron chi connectivity index (χ3n) is 5.89. The Morgan fingerprint density at radius 3 is 2.64 bits per heavy atom. The molecule has 0 spiro atoms. The number of benzene rings is 1. The zero-order chi connectivity index (χ0) is 28.5. The van der Waals surface area contributed by atoms with E-state index in [0.717, 1.165) is 23.3 Å². The van der Waals surface area contributed by atoms with Crippen LogP contribution < -0.4 is 16.0 Å². The van der Waals surface area contributed by atoms with Crippen LogP contribution in [-0.4, -0.2) is 77.0 Å². The van der Waals surface area contributed by atoms with Crippen LogP contribution in [0.5, 0.6) is 0 Å². The fourth-order valence-corrected chi connectivity index (χ4v) is 3.60. The lowest BCUT2D eigenvalue weighted by atomic mass is 10.1. The lowest BCUT2D eigenvalue weighted by Gasteiger charge is -2.19. The first-order valence-electron chi connectivity index (χ1n) is 12.4. The molecule has 0 aliphatic heterocycles. The molecule has 208 valence electrons. The minimum atomic E-state index is -1.01. The van der Waals surface area contributed by atoms with Crippen molar-refractivity contribution in [3.05, 3.63) is 52.3 Å². The zero-order valence-corrected chi connectivity index (χ0v) is 22.1. The van der Waals surface area contributed by atoms with Gasteiger partial charge in [0.25, 0.3) is 17.6 Å². The summed E-state index contributed by atoms with van der Waals surface area (Å²) in [5.74, 6) is -1.49. The number of H-pyrrole nitrogens is 1. The van der Waals surface area contributed by atoms with Crippen molar-refractivity contribution in [1.29, 1.82) is 0 Å². The van der Waals surface area contributed by atoms with E-state index in [1.165, 1.54) is 12.5 Å². The third-order valence-corrected chi connectivity index (χ3v) is 5.89. The summed E-state index contributed by atoms with van der Waals surface area (Å²) < 4.78 is 9.40. The quantitative estimate of drug-likeness (QED) is 0.121. The molecule has 1 aliphatic rings. The summed E-state index contributed by atoms with van der Waals surface area (Å²) in [7, 11) is 0. The number of nitrogens with one attached hydrogen (secondary N) is 3. The van der Waals surface area contributed by atoms with Gasteiger partial charge in [0.05, 0.1) is 5.56 Å². The highest BCUT2D eigenvalue weighted by molar-refractivity contribution is 6.06. The van der Waals surface area contributed by atoms with Crippen LogP contribution in [0.3, 0.4) is 0 Å². The molecule has 0 saturated heterocycles. The lowest BCUT2D eigenvalue weighted by molar-refractivity contribution is -0.309. The smallest absolute Gasteiger partial charge is 0.419 e. The number of aromatic nitrogens is 1. The summed E-state index contributed by atoms with van der Waals surface area (Å²) in [5, 5.41) is 11.7. The number of aromatic amines is 1. The average Bonchev–Trinajstić information content (AvgIpc) is 3.65. The highest BCUT2D eigenvalue weighted by Crippen LogP contribution is 2.24. The molecule has 1 heterocycles. The van der Waals surface area contributed by atoms with Crippen LogP contribution in [0.2, 0.25) is 0 Å². The number of aliphatic imine (C=N–C) groups is 1. The molecular weight excluding hydrogens is 508 g/mol. The third kappa shape index (κ3) is 7.51. The van der Waals surface area contributed by atoms with Crippen LogP contribution in [0.1, 0.15) is 63.7 Å². The van der Waals surface area contributed by atoms with Gasteiger partial charge in [0, 0.05) is 24.3 Å². The first-order valence-corrected chi connectivity index (χ1v) is 12.4.